The highest BCUT2D eigenvalue weighted by atomic mass is 35.5. The largest absolute Gasteiger partial charge is 0.497 e. The van der Waals surface area contributed by atoms with Gasteiger partial charge >= 0.3 is 0 Å². The lowest BCUT2D eigenvalue weighted by atomic mass is 9.80. The van der Waals surface area contributed by atoms with Crippen molar-refractivity contribution in [2.24, 2.45) is 11.8 Å². The molecule has 1 saturated heterocycles. The average Bonchev–Trinajstić information content (AvgIpc) is 3.43. The number of ether oxygens (including phenoxy) is 2. The summed E-state index contributed by atoms with van der Waals surface area (Å²) in [5, 5.41) is 4.41. The maximum Gasteiger partial charge on any atom is 0.276 e. The number of aromatic nitrogens is 1. The van der Waals surface area contributed by atoms with Gasteiger partial charge in [-0.25, -0.2) is 0 Å². The van der Waals surface area contributed by atoms with Crippen LogP contribution in [-0.2, 0) is 6.61 Å². The molecule has 2 aromatic rings. The number of carbonyl (C=O) groups is 1. The van der Waals surface area contributed by atoms with Crippen LogP contribution in [-0.4, -0.2) is 36.2 Å². The van der Waals surface area contributed by atoms with Gasteiger partial charge in [0.1, 0.15) is 18.1 Å². The molecule has 156 valence electrons. The Morgan fingerprint density at radius 1 is 1.21 bits per heavy atom. The number of halogens is 1. The second-order valence-electron chi connectivity index (χ2n) is 7.96. The molecule has 1 aromatic carbocycles. The van der Waals surface area contributed by atoms with Gasteiger partial charge in [0, 0.05) is 25.2 Å². The third-order valence-corrected chi connectivity index (χ3v) is 6.41. The lowest BCUT2D eigenvalue weighted by molar-refractivity contribution is 0.0769. The summed E-state index contributed by atoms with van der Waals surface area (Å²) in [6, 6.07) is 6.85. The van der Waals surface area contributed by atoms with Crippen molar-refractivity contribution in [2.45, 2.75) is 45.1 Å². The minimum absolute atomic E-state index is 0.0548. The Morgan fingerprint density at radius 3 is 2.79 bits per heavy atom. The highest BCUT2D eigenvalue weighted by Gasteiger charge is 2.33. The molecule has 0 N–H and O–H groups in total. The normalized spacial score (nSPS) is 20.1. The molecule has 7 heteroatoms. The summed E-state index contributed by atoms with van der Waals surface area (Å²) in [7, 11) is 1.58. The molecular weight excluding hydrogens is 392 g/mol. The number of amides is 1. The zero-order valence-electron chi connectivity index (χ0n) is 16.7. The highest BCUT2D eigenvalue weighted by molar-refractivity contribution is 6.32. The van der Waals surface area contributed by atoms with Crippen LogP contribution >= 0.6 is 11.6 Å². The van der Waals surface area contributed by atoms with Crippen LogP contribution in [0.25, 0.3) is 0 Å². The topological polar surface area (TPSA) is 64.8 Å². The molecule has 1 aliphatic carbocycles. The van der Waals surface area contributed by atoms with Crippen molar-refractivity contribution >= 4 is 17.5 Å². The Balaban J connectivity index is 1.32. The minimum atomic E-state index is -0.0548. The predicted octanol–water partition coefficient (Wildman–Crippen LogP) is 4.96. The van der Waals surface area contributed by atoms with Gasteiger partial charge in [0.25, 0.3) is 5.91 Å². The summed E-state index contributed by atoms with van der Waals surface area (Å²) in [5.74, 6) is 3.02. The molecule has 1 amide bonds. The van der Waals surface area contributed by atoms with Gasteiger partial charge in [-0.15, -0.1) is 0 Å². The molecule has 0 radical (unpaired) electrons. The van der Waals surface area contributed by atoms with Crippen molar-refractivity contribution in [3.05, 3.63) is 40.7 Å². The Morgan fingerprint density at radius 2 is 2.03 bits per heavy atom. The quantitative estimate of drug-likeness (QED) is 0.663. The molecular formula is C22H27ClN2O4. The van der Waals surface area contributed by atoms with E-state index in [0.29, 0.717) is 33.9 Å². The Kier molecular flexibility index (Phi) is 6.28. The van der Waals surface area contributed by atoms with E-state index in [-0.39, 0.29) is 12.5 Å². The van der Waals surface area contributed by atoms with E-state index in [2.05, 4.69) is 5.16 Å². The van der Waals surface area contributed by atoms with Crippen molar-refractivity contribution in [3.63, 3.8) is 0 Å². The predicted molar refractivity (Wildman–Crippen MR) is 109 cm³/mol. The van der Waals surface area contributed by atoms with Crippen LogP contribution in [0.1, 0.15) is 54.8 Å². The highest BCUT2D eigenvalue weighted by Crippen LogP contribution is 2.35. The fraction of sp³-hybridized carbons (Fsp3) is 0.545. The second-order valence-corrected chi connectivity index (χ2v) is 8.37. The molecule has 2 fully saturated rings. The third kappa shape index (κ3) is 4.69. The summed E-state index contributed by atoms with van der Waals surface area (Å²) < 4.78 is 16.1. The number of carbonyl (C=O) groups excluding carboxylic acids is 1. The minimum Gasteiger partial charge on any atom is -0.497 e. The van der Waals surface area contributed by atoms with Gasteiger partial charge in [-0.05, 0) is 30.4 Å². The molecule has 6 nitrogen and oxygen atoms in total. The van der Waals surface area contributed by atoms with Crippen LogP contribution in [0.3, 0.4) is 0 Å². The van der Waals surface area contributed by atoms with Crippen molar-refractivity contribution in [2.75, 3.05) is 20.2 Å². The zero-order valence-corrected chi connectivity index (χ0v) is 17.5. The molecule has 2 aliphatic rings. The molecule has 0 bridgehead atoms. The molecule has 1 aliphatic heterocycles. The number of hydrogen-bond donors (Lipinski definition) is 0. The van der Waals surface area contributed by atoms with E-state index in [9.17, 15) is 4.79 Å². The summed E-state index contributed by atoms with van der Waals surface area (Å²) in [5.41, 5.74) is 0.341. The van der Waals surface area contributed by atoms with Crippen LogP contribution < -0.4 is 9.47 Å². The number of hydrogen-bond acceptors (Lipinski definition) is 5. The van der Waals surface area contributed by atoms with Gasteiger partial charge in [-0.2, -0.15) is 0 Å². The number of rotatable bonds is 6. The van der Waals surface area contributed by atoms with E-state index in [1.54, 1.807) is 31.4 Å². The van der Waals surface area contributed by atoms with E-state index in [0.717, 1.165) is 25.4 Å². The maximum absolute atomic E-state index is 12.8. The molecule has 2 heterocycles. The van der Waals surface area contributed by atoms with Crippen molar-refractivity contribution in [1.29, 1.82) is 0 Å². The second kappa shape index (κ2) is 9.08. The molecule has 1 aromatic heterocycles. The number of likely N-dealkylation sites (tertiary alicyclic amines) is 1. The average molecular weight is 419 g/mol. The first-order chi connectivity index (χ1) is 14.1. The van der Waals surface area contributed by atoms with E-state index in [1.807, 2.05) is 4.90 Å². The third-order valence-electron chi connectivity index (χ3n) is 6.12. The molecule has 29 heavy (non-hydrogen) atoms. The number of benzene rings is 1. The summed E-state index contributed by atoms with van der Waals surface area (Å²) in [6.45, 7) is 1.79. The van der Waals surface area contributed by atoms with Crippen LogP contribution in [0.4, 0.5) is 0 Å². The fourth-order valence-electron chi connectivity index (χ4n) is 4.48. The van der Waals surface area contributed by atoms with E-state index >= 15 is 0 Å². The first-order valence-electron chi connectivity index (χ1n) is 10.3. The standard InChI is InChI=1S/C22H27ClN2O4/c1-27-17-7-8-21(19(23)11-17)28-14-18-12-20(24-29-18)22(26)25-10-9-16(13-25)15-5-3-2-4-6-15/h7-8,11-12,15-16H,2-6,9-10,13-14H2,1H3. The van der Waals surface area contributed by atoms with Gasteiger partial charge in [0.2, 0.25) is 0 Å². The van der Waals surface area contributed by atoms with Gasteiger partial charge < -0.3 is 18.9 Å². The van der Waals surface area contributed by atoms with Crippen LogP contribution in [0.2, 0.25) is 5.02 Å². The Labute approximate surface area is 176 Å². The van der Waals surface area contributed by atoms with Gasteiger partial charge in [0.05, 0.1) is 12.1 Å². The molecule has 1 saturated carbocycles. The lowest BCUT2D eigenvalue weighted by Gasteiger charge is -2.27. The van der Waals surface area contributed by atoms with Crippen LogP contribution in [0, 0.1) is 11.8 Å². The summed E-state index contributed by atoms with van der Waals surface area (Å²) in [6.07, 6.45) is 7.75. The molecule has 1 atom stereocenters. The SMILES string of the molecule is COc1ccc(OCc2cc(C(=O)N3CCC(C4CCCCC4)C3)no2)c(Cl)c1. The Bertz CT molecular complexity index is 847. The van der Waals surface area contributed by atoms with E-state index < -0.39 is 0 Å². The smallest absolute Gasteiger partial charge is 0.276 e. The van der Waals surface area contributed by atoms with Crippen molar-refractivity contribution in [3.8, 4) is 11.5 Å². The van der Waals surface area contributed by atoms with Crippen molar-refractivity contribution < 1.29 is 18.8 Å². The van der Waals surface area contributed by atoms with E-state index in [4.69, 9.17) is 25.6 Å². The van der Waals surface area contributed by atoms with Crippen LogP contribution in [0.15, 0.2) is 28.8 Å². The monoisotopic (exact) mass is 418 g/mol. The van der Waals surface area contributed by atoms with E-state index in [1.165, 1.54) is 32.1 Å². The van der Waals surface area contributed by atoms with Gasteiger partial charge in [0.15, 0.2) is 11.5 Å². The lowest BCUT2D eigenvalue weighted by Crippen LogP contribution is -2.30. The van der Waals surface area contributed by atoms with Crippen molar-refractivity contribution in [1.82, 2.24) is 10.1 Å². The zero-order chi connectivity index (χ0) is 20.2. The van der Waals surface area contributed by atoms with Gasteiger partial charge in [-0.1, -0.05) is 48.9 Å². The first kappa shape index (κ1) is 20.1. The summed E-state index contributed by atoms with van der Waals surface area (Å²) in [4.78, 5) is 14.7. The van der Waals surface area contributed by atoms with Crippen LogP contribution in [0.5, 0.6) is 11.5 Å². The maximum atomic E-state index is 12.8. The van der Waals surface area contributed by atoms with Gasteiger partial charge in [-0.3, -0.25) is 4.79 Å². The number of nitrogens with zero attached hydrogens (tertiary/aromatic N) is 2. The number of methoxy groups -OCH3 is 1. The summed E-state index contributed by atoms with van der Waals surface area (Å²) >= 11 is 6.18. The Hall–Kier alpha value is -2.21. The molecule has 0 spiro atoms. The molecule has 4 rings (SSSR count). The molecule has 1 unspecified atom stereocenters. The first-order valence-corrected chi connectivity index (χ1v) is 10.7. The fourth-order valence-corrected chi connectivity index (χ4v) is 4.71.